The number of likely N-dealkylation sites (tertiary alicyclic amines) is 1. The van der Waals surface area contributed by atoms with Crippen molar-refractivity contribution >= 4 is 12.0 Å². The first-order valence-electron chi connectivity index (χ1n) is 9.08. The quantitative estimate of drug-likeness (QED) is 0.868. The monoisotopic (exact) mass is 354 g/mol. The van der Waals surface area contributed by atoms with Crippen LogP contribution in [0.3, 0.4) is 0 Å². The number of carbonyl (C=O) groups is 1. The second-order valence-electron chi connectivity index (χ2n) is 7.03. The Morgan fingerprint density at radius 3 is 2.69 bits per heavy atom. The van der Waals surface area contributed by atoms with Crippen LogP contribution in [0.25, 0.3) is 6.08 Å². The summed E-state index contributed by atoms with van der Waals surface area (Å²) in [5.41, 5.74) is 2.03. The average Bonchev–Trinajstić information content (AvgIpc) is 3.29. The lowest BCUT2D eigenvalue weighted by Crippen LogP contribution is -2.38. The molecular formula is C20H23FN4O. The van der Waals surface area contributed by atoms with Crippen LogP contribution in [0.15, 0.2) is 42.6 Å². The highest BCUT2D eigenvalue weighted by Crippen LogP contribution is 2.41. The van der Waals surface area contributed by atoms with Gasteiger partial charge in [0.05, 0.1) is 11.7 Å². The molecule has 1 amide bonds. The van der Waals surface area contributed by atoms with Gasteiger partial charge in [-0.15, -0.1) is 0 Å². The Bertz CT molecular complexity index is 809. The van der Waals surface area contributed by atoms with Crippen LogP contribution < -0.4 is 5.32 Å². The molecule has 2 fully saturated rings. The zero-order valence-electron chi connectivity index (χ0n) is 14.8. The molecular weight excluding hydrogens is 331 g/mol. The van der Waals surface area contributed by atoms with Crippen molar-refractivity contribution in [3.8, 4) is 0 Å². The topological polar surface area (TPSA) is 50.2 Å². The summed E-state index contributed by atoms with van der Waals surface area (Å²) in [6.07, 6.45) is 8.46. The van der Waals surface area contributed by atoms with Gasteiger partial charge in [0, 0.05) is 38.3 Å². The summed E-state index contributed by atoms with van der Waals surface area (Å²) in [6, 6.07) is 8.88. The first-order valence-corrected chi connectivity index (χ1v) is 9.08. The minimum atomic E-state index is -0.232. The zero-order valence-corrected chi connectivity index (χ0v) is 14.8. The highest BCUT2D eigenvalue weighted by molar-refractivity contribution is 5.81. The molecule has 2 heterocycles. The zero-order chi connectivity index (χ0) is 18.1. The molecule has 1 N–H and O–H groups in total. The lowest BCUT2D eigenvalue weighted by molar-refractivity contribution is -0.129. The van der Waals surface area contributed by atoms with E-state index in [0.717, 1.165) is 24.1 Å². The van der Waals surface area contributed by atoms with Crippen LogP contribution in [0.2, 0.25) is 0 Å². The van der Waals surface area contributed by atoms with Crippen LogP contribution in [0, 0.1) is 5.82 Å². The Kier molecular flexibility index (Phi) is 4.59. The van der Waals surface area contributed by atoms with E-state index < -0.39 is 0 Å². The molecule has 1 aromatic carbocycles. The van der Waals surface area contributed by atoms with Gasteiger partial charge in [-0.05, 0) is 36.6 Å². The fourth-order valence-electron chi connectivity index (χ4n) is 3.73. The van der Waals surface area contributed by atoms with Crippen molar-refractivity contribution in [2.75, 3.05) is 6.54 Å². The van der Waals surface area contributed by atoms with Gasteiger partial charge in [0.2, 0.25) is 5.91 Å². The van der Waals surface area contributed by atoms with Crippen molar-refractivity contribution in [2.45, 2.75) is 37.4 Å². The molecule has 1 aliphatic heterocycles. The Morgan fingerprint density at radius 2 is 2.04 bits per heavy atom. The highest BCUT2D eigenvalue weighted by Gasteiger charge is 2.47. The van der Waals surface area contributed by atoms with Gasteiger partial charge in [-0.3, -0.25) is 9.48 Å². The first-order chi connectivity index (χ1) is 12.6. The maximum atomic E-state index is 13.0. The Hall–Kier alpha value is -2.47. The largest absolute Gasteiger partial charge is 0.329 e. The number of halogens is 1. The van der Waals surface area contributed by atoms with Gasteiger partial charge in [-0.25, -0.2) is 4.39 Å². The van der Waals surface area contributed by atoms with Crippen molar-refractivity contribution in [3.05, 3.63) is 59.7 Å². The molecule has 2 atom stereocenters. The van der Waals surface area contributed by atoms with Crippen LogP contribution >= 0.6 is 0 Å². The van der Waals surface area contributed by atoms with Gasteiger partial charge in [0.25, 0.3) is 0 Å². The van der Waals surface area contributed by atoms with Crippen molar-refractivity contribution < 1.29 is 9.18 Å². The molecule has 5 nitrogen and oxygen atoms in total. The number of benzene rings is 1. The maximum Gasteiger partial charge on any atom is 0.225 e. The fourth-order valence-corrected chi connectivity index (χ4v) is 3.73. The molecule has 26 heavy (non-hydrogen) atoms. The molecule has 0 unspecified atom stereocenters. The number of aryl methyl sites for hydroxylation is 1. The molecule has 1 saturated carbocycles. The SMILES string of the molecule is Cn1nccc1[C@H]1[C@H](NC/C=C/c2ccc(F)cc2)CC(=O)N1C1CC1. The second kappa shape index (κ2) is 7.03. The summed E-state index contributed by atoms with van der Waals surface area (Å²) in [4.78, 5) is 14.6. The number of nitrogens with one attached hydrogen (secondary N) is 1. The van der Waals surface area contributed by atoms with Gasteiger partial charge >= 0.3 is 0 Å². The normalized spacial score (nSPS) is 23.3. The van der Waals surface area contributed by atoms with Crippen molar-refractivity contribution in [1.82, 2.24) is 20.0 Å². The fraction of sp³-hybridized carbons (Fsp3) is 0.400. The van der Waals surface area contributed by atoms with Crippen molar-refractivity contribution in [1.29, 1.82) is 0 Å². The molecule has 0 spiro atoms. The van der Waals surface area contributed by atoms with Gasteiger partial charge in [0.15, 0.2) is 0 Å². The lowest BCUT2D eigenvalue weighted by Gasteiger charge is -2.28. The summed E-state index contributed by atoms with van der Waals surface area (Å²) in [7, 11) is 1.93. The number of nitrogens with zero attached hydrogens (tertiary/aromatic N) is 3. The Labute approximate surface area is 152 Å². The van der Waals surface area contributed by atoms with E-state index in [1.165, 1.54) is 12.1 Å². The number of hydrogen-bond acceptors (Lipinski definition) is 3. The third kappa shape index (κ3) is 3.42. The third-order valence-corrected chi connectivity index (χ3v) is 5.14. The molecule has 6 heteroatoms. The van der Waals surface area contributed by atoms with Crippen molar-refractivity contribution in [2.24, 2.45) is 7.05 Å². The number of amides is 1. The predicted octanol–water partition coefficient (Wildman–Crippen LogP) is 2.67. The number of hydrogen-bond donors (Lipinski definition) is 1. The first kappa shape index (κ1) is 17.0. The Balaban J connectivity index is 1.45. The number of aromatic nitrogens is 2. The number of carbonyl (C=O) groups excluding carboxylic acids is 1. The second-order valence-corrected chi connectivity index (χ2v) is 7.03. The van der Waals surface area contributed by atoms with Crippen molar-refractivity contribution in [3.63, 3.8) is 0 Å². The van der Waals surface area contributed by atoms with Crippen LogP contribution in [0.1, 0.15) is 36.6 Å². The highest BCUT2D eigenvalue weighted by atomic mass is 19.1. The smallest absolute Gasteiger partial charge is 0.225 e. The molecule has 1 saturated heterocycles. The summed E-state index contributed by atoms with van der Waals surface area (Å²) in [5.74, 6) is -0.0114. The summed E-state index contributed by atoms with van der Waals surface area (Å²) < 4.78 is 14.8. The van der Waals surface area contributed by atoms with Gasteiger partial charge in [-0.2, -0.15) is 5.10 Å². The van der Waals surface area contributed by atoms with E-state index in [0.29, 0.717) is 19.0 Å². The van der Waals surface area contributed by atoms with Gasteiger partial charge < -0.3 is 10.2 Å². The van der Waals surface area contributed by atoms with Crippen LogP contribution in [0.5, 0.6) is 0 Å². The summed E-state index contributed by atoms with van der Waals surface area (Å²) in [6.45, 7) is 0.655. The van der Waals surface area contributed by atoms with Crippen LogP contribution in [0.4, 0.5) is 4.39 Å². The summed E-state index contributed by atoms with van der Waals surface area (Å²) >= 11 is 0. The van der Waals surface area contributed by atoms with Gasteiger partial charge in [0.1, 0.15) is 5.82 Å². The standard InChI is InChI=1S/C20H23FN4O/c1-24-18(10-12-23-24)20-17(13-19(26)25(20)16-8-9-16)22-11-2-3-14-4-6-15(21)7-5-14/h2-7,10,12,16-17,20,22H,8-9,11,13H2,1H3/b3-2+/t17-,20-/m1/s1. The predicted molar refractivity (Wildman–Crippen MR) is 97.7 cm³/mol. The molecule has 1 aromatic heterocycles. The van der Waals surface area contributed by atoms with Gasteiger partial charge in [-0.1, -0.05) is 24.3 Å². The minimum Gasteiger partial charge on any atom is -0.329 e. The lowest BCUT2D eigenvalue weighted by atomic mass is 10.1. The molecule has 136 valence electrons. The minimum absolute atomic E-state index is 0.0294. The molecule has 0 bridgehead atoms. The van der Waals surface area contributed by atoms with Crippen LogP contribution in [-0.4, -0.2) is 39.2 Å². The van der Waals surface area contributed by atoms with E-state index in [1.54, 1.807) is 18.3 Å². The van der Waals surface area contributed by atoms with E-state index in [-0.39, 0.29) is 23.8 Å². The van der Waals surface area contributed by atoms with E-state index in [2.05, 4.69) is 15.3 Å². The number of rotatable bonds is 6. The molecule has 2 aromatic rings. The maximum absolute atomic E-state index is 13.0. The van der Waals surface area contributed by atoms with Crippen LogP contribution in [-0.2, 0) is 11.8 Å². The summed E-state index contributed by atoms with van der Waals surface area (Å²) in [5, 5.41) is 7.79. The van der Waals surface area contributed by atoms with E-state index in [4.69, 9.17) is 0 Å². The third-order valence-electron chi connectivity index (χ3n) is 5.14. The molecule has 4 rings (SSSR count). The van der Waals surface area contributed by atoms with E-state index >= 15 is 0 Å². The molecule has 0 radical (unpaired) electrons. The molecule has 2 aliphatic rings. The van der Waals surface area contributed by atoms with E-state index in [9.17, 15) is 9.18 Å². The molecule has 1 aliphatic carbocycles. The Morgan fingerprint density at radius 1 is 1.27 bits per heavy atom. The van der Waals surface area contributed by atoms with E-state index in [1.807, 2.05) is 29.9 Å². The average molecular weight is 354 g/mol.